The van der Waals surface area contributed by atoms with Crippen LogP contribution in [-0.2, 0) is 0 Å². The third-order valence-electron chi connectivity index (χ3n) is 2.62. The van der Waals surface area contributed by atoms with Crippen molar-refractivity contribution >= 4 is 11.5 Å². The Morgan fingerprint density at radius 2 is 2.06 bits per heavy atom. The van der Waals surface area contributed by atoms with Gasteiger partial charge in [0.25, 0.3) is 0 Å². The lowest BCUT2D eigenvalue weighted by molar-refractivity contribution is 0.769. The Hall–Kier alpha value is -1.33. The van der Waals surface area contributed by atoms with E-state index < -0.39 is 0 Å². The van der Waals surface area contributed by atoms with Crippen LogP contribution in [0.2, 0.25) is 0 Å². The van der Waals surface area contributed by atoms with E-state index >= 15 is 0 Å². The monoisotopic (exact) mass is 248 g/mol. The molecule has 0 fully saturated rings. The summed E-state index contributed by atoms with van der Waals surface area (Å²) in [4.78, 5) is 5.21. The largest absolute Gasteiger partial charge is 0.319 e. The van der Waals surface area contributed by atoms with Crippen molar-refractivity contribution in [2.24, 2.45) is 5.73 Å². The molecule has 2 aromatic heterocycles. The molecule has 4 nitrogen and oxygen atoms in total. The van der Waals surface area contributed by atoms with E-state index in [0.717, 1.165) is 21.7 Å². The lowest BCUT2D eigenvalue weighted by Gasteiger charge is -2.12. The molecule has 90 valence electrons. The first-order chi connectivity index (χ1) is 8.09. The number of nitrogens with two attached hydrogens (primary N) is 1. The third-order valence-corrected chi connectivity index (χ3v) is 3.45. The maximum Gasteiger partial charge on any atom is 0.0832 e. The second-order valence-electron chi connectivity index (χ2n) is 4.45. The van der Waals surface area contributed by atoms with Gasteiger partial charge in [-0.25, -0.2) is 0 Å². The first-order valence-corrected chi connectivity index (χ1v) is 6.36. The fourth-order valence-electron chi connectivity index (χ4n) is 1.72. The first kappa shape index (κ1) is 12.1. The molecule has 0 bridgehead atoms. The maximum atomic E-state index is 6.26. The minimum Gasteiger partial charge on any atom is -0.319 e. The van der Waals surface area contributed by atoms with Crippen molar-refractivity contribution in [3.8, 4) is 0 Å². The SMILES string of the molecule is Cc1cncc(C(N)c2snnc2C(C)C)c1. The Balaban J connectivity index is 2.37. The number of hydrogen-bond acceptors (Lipinski definition) is 5. The van der Waals surface area contributed by atoms with Gasteiger partial charge in [0.1, 0.15) is 0 Å². The van der Waals surface area contributed by atoms with E-state index in [1.54, 1.807) is 0 Å². The number of rotatable bonds is 3. The quantitative estimate of drug-likeness (QED) is 0.906. The van der Waals surface area contributed by atoms with Crippen LogP contribution in [0.4, 0.5) is 0 Å². The summed E-state index contributed by atoms with van der Waals surface area (Å²) in [6, 6.07) is 1.88. The number of hydrogen-bond donors (Lipinski definition) is 1. The maximum absolute atomic E-state index is 6.26. The third kappa shape index (κ3) is 2.50. The van der Waals surface area contributed by atoms with E-state index in [1.165, 1.54) is 11.5 Å². The molecule has 0 aliphatic heterocycles. The van der Waals surface area contributed by atoms with E-state index in [-0.39, 0.29) is 6.04 Å². The van der Waals surface area contributed by atoms with Gasteiger partial charge < -0.3 is 5.73 Å². The van der Waals surface area contributed by atoms with Gasteiger partial charge >= 0.3 is 0 Å². The van der Waals surface area contributed by atoms with Crippen LogP contribution in [0.1, 0.15) is 47.5 Å². The van der Waals surface area contributed by atoms with Gasteiger partial charge in [-0.05, 0) is 35.5 Å². The van der Waals surface area contributed by atoms with Crippen molar-refractivity contribution in [3.63, 3.8) is 0 Å². The van der Waals surface area contributed by atoms with Crippen LogP contribution in [0.5, 0.6) is 0 Å². The van der Waals surface area contributed by atoms with Crippen LogP contribution >= 0.6 is 11.5 Å². The second-order valence-corrected chi connectivity index (χ2v) is 5.24. The first-order valence-electron chi connectivity index (χ1n) is 5.59. The predicted molar refractivity (Wildman–Crippen MR) is 69.0 cm³/mol. The zero-order valence-electron chi connectivity index (χ0n) is 10.2. The summed E-state index contributed by atoms with van der Waals surface area (Å²) in [7, 11) is 0. The highest BCUT2D eigenvalue weighted by Gasteiger charge is 2.19. The Bertz CT molecular complexity index is 507. The molecular formula is C12H16N4S. The average molecular weight is 248 g/mol. The van der Waals surface area contributed by atoms with Gasteiger partial charge in [0, 0.05) is 12.4 Å². The minimum atomic E-state index is -0.181. The van der Waals surface area contributed by atoms with Crippen molar-refractivity contribution in [2.75, 3.05) is 0 Å². The second kappa shape index (κ2) is 4.89. The molecule has 0 saturated carbocycles. The molecule has 0 aliphatic carbocycles. The normalized spacial score (nSPS) is 13.0. The van der Waals surface area contributed by atoms with Gasteiger partial charge in [-0.3, -0.25) is 4.98 Å². The number of aromatic nitrogens is 3. The van der Waals surface area contributed by atoms with E-state index in [1.807, 2.05) is 19.3 Å². The van der Waals surface area contributed by atoms with Gasteiger partial charge in [-0.1, -0.05) is 24.4 Å². The predicted octanol–water partition coefficient (Wildman–Crippen LogP) is 2.41. The average Bonchev–Trinajstić information content (AvgIpc) is 2.77. The van der Waals surface area contributed by atoms with Crippen LogP contribution in [-0.4, -0.2) is 14.6 Å². The van der Waals surface area contributed by atoms with Crippen LogP contribution in [0.3, 0.4) is 0 Å². The summed E-state index contributed by atoms with van der Waals surface area (Å²) in [6.07, 6.45) is 3.63. The highest BCUT2D eigenvalue weighted by molar-refractivity contribution is 7.05. The van der Waals surface area contributed by atoms with E-state index in [0.29, 0.717) is 5.92 Å². The molecular weight excluding hydrogens is 232 g/mol. The highest BCUT2D eigenvalue weighted by atomic mass is 32.1. The number of pyridine rings is 1. The molecule has 2 N–H and O–H groups in total. The molecule has 1 unspecified atom stereocenters. The number of aryl methyl sites for hydroxylation is 1. The van der Waals surface area contributed by atoms with Gasteiger partial charge in [0.05, 0.1) is 16.6 Å². The Kier molecular flexibility index (Phi) is 3.49. The molecule has 17 heavy (non-hydrogen) atoms. The van der Waals surface area contributed by atoms with Crippen molar-refractivity contribution in [2.45, 2.75) is 32.7 Å². The van der Waals surface area contributed by atoms with Gasteiger partial charge in [-0.2, -0.15) is 0 Å². The molecule has 0 amide bonds. The summed E-state index contributed by atoms with van der Waals surface area (Å²) in [5.41, 5.74) is 9.37. The van der Waals surface area contributed by atoms with Crippen molar-refractivity contribution in [3.05, 3.63) is 40.2 Å². The van der Waals surface area contributed by atoms with E-state index in [2.05, 4.69) is 34.5 Å². The molecule has 0 aliphatic rings. The van der Waals surface area contributed by atoms with Crippen LogP contribution in [0, 0.1) is 6.92 Å². The fourth-order valence-corrected chi connectivity index (χ4v) is 2.56. The molecule has 2 rings (SSSR count). The van der Waals surface area contributed by atoms with Crippen LogP contribution < -0.4 is 5.73 Å². The highest BCUT2D eigenvalue weighted by Crippen LogP contribution is 2.28. The molecule has 5 heteroatoms. The number of nitrogens with zero attached hydrogens (tertiary/aromatic N) is 3. The summed E-state index contributed by atoms with van der Waals surface area (Å²) >= 11 is 1.37. The molecule has 0 aromatic carbocycles. The topological polar surface area (TPSA) is 64.7 Å². The van der Waals surface area contributed by atoms with Crippen LogP contribution in [0.25, 0.3) is 0 Å². The summed E-state index contributed by atoms with van der Waals surface area (Å²) < 4.78 is 4.00. The van der Waals surface area contributed by atoms with Gasteiger partial charge in [-0.15, -0.1) is 5.10 Å². The summed E-state index contributed by atoms with van der Waals surface area (Å²) in [5, 5.41) is 4.15. The van der Waals surface area contributed by atoms with E-state index in [4.69, 9.17) is 5.73 Å². The zero-order valence-corrected chi connectivity index (χ0v) is 11.0. The Morgan fingerprint density at radius 3 is 2.71 bits per heavy atom. The summed E-state index contributed by atoms with van der Waals surface area (Å²) in [6.45, 7) is 6.21. The smallest absolute Gasteiger partial charge is 0.0832 e. The van der Waals surface area contributed by atoms with Crippen molar-refractivity contribution < 1.29 is 0 Å². The van der Waals surface area contributed by atoms with Crippen molar-refractivity contribution in [1.82, 2.24) is 14.6 Å². The lowest BCUT2D eigenvalue weighted by atomic mass is 10.0. The molecule has 1 atom stereocenters. The standard InChI is InChI=1S/C12H16N4S/c1-7(2)11-12(17-16-15-11)10(13)9-4-8(3)5-14-6-9/h4-7,10H,13H2,1-3H3. The minimum absolute atomic E-state index is 0.181. The fraction of sp³-hybridized carbons (Fsp3) is 0.417. The molecule has 2 heterocycles. The van der Waals surface area contributed by atoms with Gasteiger partial charge in [0.15, 0.2) is 0 Å². The van der Waals surface area contributed by atoms with Gasteiger partial charge in [0.2, 0.25) is 0 Å². The summed E-state index contributed by atoms with van der Waals surface area (Å²) in [5.74, 6) is 0.340. The Labute approximate surface area is 105 Å². The Morgan fingerprint density at radius 1 is 1.29 bits per heavy atom. The van der Waals surface area contributed by atoms with Crippen LogP contribution in [0.15, 0.2) is 18.5 Å². The molecule has 0 spiro atoms. The van der Waals surface area contributed by atoms with E-state index in [9.17, 15) is 0 Å². The lowest BCUT2D eigenvalue weighted by Crippen LogP contribution is -2.13. The van der Waals surface area contributed by atoms with Crippen molar-refractivity contribution in [1.29, 1.82) is 0 Å². The molecule has 2 aromatic rings. The molecule has 0 saturated heterocycles. The molecule has 0 radical (unpaired) electrons. The zero-order chi connectivity index (χ0) is 12.4.